The summed E-state index contributed by atoms with van der Waals surface area (Å²) < 4.78 is 57.5. The van der Waals surface area contributed by atoms with Crippen LogP contribution in [0.25, 0.3) is 10.8 Å². The molecule has 2 aliphatic rings. The van der Waals surface area contributed by atoms with Crippen LogP contribution in [0.2, 0.25) is 0 Å². The van der Waals surface area contributed by atoms with Gasteiger partial charge in [0.15, 0.2) is 17.4 Å². The molecule has 0 spiro atoms. The van der Waals surface area contributed by atoms with Crippen LogP contribution in [0.1, 0.15) is 69.8 Å². The first-order valence-electron chi connectivity index (χ1n) is 10.8. The van der Waals surface area contributed by atoms with Crippen LogP contribution in [0.15, 0.2) is 24.3 Å². The van der Waals surface area contributed by atoms with E-state index in [4.69, 9.17) is 0 Å². The average Bonchev–Trinajstić information content (AvgIpc) is 2.70. The Kier molecular flexibility index (Phi) is 6.03. The highest BCUT2D eigenvalue weighted by molar-refractivity contribution is 5.85. The molecule has 0 heterocycles. The second kappa shape index (κ2) is 8.53. The van der Waals surface area contributed by atoms with Gasteiger partial charge in [0.1, 0.15) is 0 Å². The molecule has 0 bridgehead atoms. The molecule has 29 heavy (non-hydrogen) atoms. The molecule has 2 aromatic rings. The number of benzene rings is 2. The fourth-order valence-electron chi connectivity index (χ4n) is 5.74. The van der Waals surface area contributed by atoms with Crippen LogP contribution in [0, 0.1) is 29.4 Å². The van der Waals surface area contributed by atoms with Crippen molar-refractivity contribution < 1.29 is 22.3 Å². The molecule has 158 valence electrons. The van der Waals surface area contributed by atoms with Crippen molar-refractivity contribution in [2.45, 2.75) is 70.8 Å². The van der Waals surface area contributed by atoms with E-state index in [2.05, 4.69) is 11.7 Å². The molecule has 0 radical (unpaired) electrons. The van der Waals surface area contributed by atoms with Crippen LogP contribution in [-0.4, -0.2) is 6.61 Å². The zero-order valence-corrected chi connectivity index (χ0v) is 16.8. The fraction of sp³-hybridized carbons (Fsp3) is 0.583. The van der Waals surface area contributed by atoms with Crippen LogP contribution in [-0.2, 0) is 0 Å². The highest BCUT2D eigenvalue weighted by Crippen LogP contribution is 2.48. The van der Waals surface area contributed by atoms with Crippen molar-refractivity contribution >= 4 is 10.8 Å². The number of rotatable bonds is 5. The Bertz CT molecular complexity index is 866. The summed E-state index contributed by atoms with van der Waals surface area (Å²) in [6.07, 6.45) is 10.0. The summed E-state index contributed by atoms with van der Waals surface area (Å²) in [5.74, 6) is -0.325. The molecule has 1 nitrogen and oxygen atoms in total. The number of fused-ring (bicyclic) bond motifs is 2. The third kappa shape index (κ3) is 4.24. The summed E-state index contributed by atoms with van der Waals surface area (Å²) in [4.78, 5) is 0. The van der Waals surface area contributed by atoms with Gasteiger partial charge in [0, 0.05) is 5.39 Å². The minimum atomic E-state index is -3.27. The summed E-state index contributed by atoms with van der Waals surface area (Å²) in [7, 11) is 0. The first kappa shape index (κ1) is 20.5. The zero-order valence-electron chi connectivity index (χ0n) is 16.8. The lowest BCUT2D eigenvalue weighted by molar-refractivity contribution is -0.0544. The van der Waals surface area contributed by atoms with Gasteiger partial charge in [-0.05, 0) is 72.8 Å². The van der Waals surface area contributed by atoms with Crippen molar-refractivity contribution in [3.05, 3.63) is 41.5 Å². The van der Waals surface area contributed by atoms with Gasteiger partial charge < -0.3 is 4.74 Å². The predicted molar refractivity (Wildman–Crippen MR) is 106 cm³/mol. The Labute approximate surface area is 169 Å². The SMILES string of the molecule is CCC[C@@H]1CC[C@@H]2CC(c3ccc4c(F)c(OC(F)F)c(F)cc4c3)CCC2C1. The van der Waals surface area contributed by atoms with Crippen molar-refractivity contribution in [3.63, 3.8) is 0 Å². The minimum absolute atomic E-state index is 0.111. The van der Waals surface area contributed by atoms with Gasteiger partial charge in [0.05, 0.1) is 0 Å². The molecule has 4 rings (SSSR count). The third-order valence-electron chi connectivity index (χ3n) is 7.11. The van der Waals surface area contributed by atoms with Crippen LogP contribution in [0.3, 0.4) is 0 Å². The molecular weight excluding hydrogens is 380 g/mol. The third-order valence-corrected chi connectivity index (χ3v) is 7.11. The standard InChI is InChI=1S/C24H28F4O/c1-2-3-14-4-5-16-11-17(7-6-15(16)10-14)18-8-9-20-19(12-18)13-21(25)23(22(20)26)29-24(27)28/h8-9,12-17,24H,2-7,10-11H2,1H3/t14-,15?,16-,17?/m1/s1. The number of hydrogen-bond acceptors (Lipinski definition) is 1. The van der Waals surface area contributed by atoms with Gasteiger partial charge >= 0.3 is 6.61 Å². The van der Waals surface area contributed by atoms with Crippen molar-refractivity contribution in [3.8, 4) is 5.75 Å². The Morgan fingerprint density at radius 3 is 2.52 bits per heavy atom. The smallest absolute Gasteiger partial charge is 0.387 e. The molecule has 4 atom stereocenters. The number of ether oxygens (including phenoxy) is 1. The topological polar surface area (TPSA) is 9.23 Å². The summed E-state index contributed by atoms with van der Waals surface area (Å²) in [6.45, 7) is -1.00. The van der Waals surface area contributed by atoms with Crippen molar-refractivity contribution in [1.82, 2.24) is 0 Å². The van der Waals surface area contributed by atoms with E-state index in [-0.39, 0.29) is 5.39 Å². The maximum atomic E-state index is 14.5. The lowest BCUT2D eigenvalue weighted by Crippen LogP contribution is -2.30. The molecule has 0 aliphatic heterocycles. The number of halogens is 4. The van der Waals surface area contributed by atoms with Gasteiger partial charge in [-0.1, -0.05) is 44.4 Å². The Morgan fingerprint density at radius 1 is 1.00 bits per heavy atom. The van der Waals surface area contributed by atoms with Gasteiger partial charge in [0.25, 0.3) is 0 Å². The molecule has 0 aromatic heterocycles. The van der Waals surface area contributed by atoms with Gasteiger partial charge in [-0.15, -0.1) is 0 Å². The summed E-state index contributed by atoms with van der Waals surface area (Å²) in [5, 5.41) is 0.507. The van der Waals surface area contributed by atoms with Crippen LogP contribution >= 0.6 is 0 Å². The first-order valence-corrected chi connectivity index (χ1v) is 10.8. The number of alkyl halides is 2. The van der Waals surface area contributed by atoms with Crippen molar-refractivity contribution in [2.24, 2.45) is 17.8 Å². The first-order chi connectivity index (χ1) is 14.0. The molecule has 0 saturated heterocycles. The van der Waals surface area contributed by atoms with Gasteiger partial charge in [-0.25, -0.2) is 8.78 Å². The second-order valence-electron chi connectivity index (χ2n) is 8.86. The van der Waals surface area contributed by atoms with E-state index in [1.165, 1.54) is 38.5 Å². The van der Waals surface area contributed by atoms with Crippen LogP contribution in [0.4, 0.5) is 17.6 Å². The predicted octanol–water partition coefficient (Wildman–Crippen LogP) is 7.82. The van der Waals surface area contributed by atoms with E-state index >= 15 is 0 Å². The normalized spacial score (nSPS) is 27.2. The van der Waals surface area contributed by atoms with Crippen LogP contribution < -0.4 is 4.74 Å². The molecule has 2 aromatic carbocycles. The molecular formula is C24H28F4O. The molecule has 2 fully saturated rings. The second-order valence-corrected chi connectivity index (χ2v) is 8.86. The average molecular weight is 408 g/mol. The van der Waals surface area contributed by atoms with Crippen molar-refractivity contribution in [2.75, 3.05) is 0 Å². The quantitative estimate of drug-likeness (QED) is 0.458. The molecule has 0 N–H and O–H groups in total. The molecule has 5 heteroatoms. The van der Waals surface area contributed by atoms with E-state index in [1.54, 1.807) is 6.07 Å². The number of hydrogen-bond donors (Lipinski definition) is 0. The zero-order chi connectivity index (χ0) is 20.5. The molecule has 2 unspecified atom stereocenters. The minimum Gasteiger partial charge on any atom is -0.429 e. The maximum Gasteiger partial charge on any atom is 0.387 e. The lowest BCUT2D eigenvalue weighted by Gasteiger charge is -2.42. The van der Waals surface area contributed by atoms with E-state index in [9.17, 15) is 17.6 Å². The molecule has 2 saturated carbocycles. The fourth-order valence-corrected chi connectivity index (χ4v) is 5.74. The van der Waals surface area contributed by atoms with Gasteiger partial charge in [-0.3, -0.25) is 0 Å². The monoisotopic (exact) mass is 408 g/mol. The maximum absolute atomic E-state index is 14.5. The summed E-state index contributed by atoms with van der Waals surface area (Å²) >= 11 is 0. The Balaban J connectivity index is 1.53. The van der Waals surface area contributed by atoms with Crippen LogP contribution in [0.5, 0.6) is 5.75 Å². The van der Waals surface area contributed by atoms with E-state index in [0.717, 1.165) is 42.2 Å². The Hall–Kier alpha value is -1.78. The molecule has 0 amide bonds. The molecule has 2 aliphatic carbocycles. The highest BCUT2D eigenvalue weighted by atomic mass is 19.3. The summed E-state index contributed by atoms with van der Waals surface area (Å²) in [5.41, 5.74) is 1.09. The summed E-state index contributed by atoms with van der Waals surface area (Å²) in [6, 6.07) is 6.35. The lowest BCUT2D eigenvalue weighted by atomic mass is 9.63. The van der Waals surface area contributed by atoms with Gasteiger partial charge in [0.2, 0.25) is 0 Å². The van der Waals surface area contributed by atoms with Gasteiger partial charge in [-0.2, -0.15) is 8.78 Å². The largest absolute Gasteiger partial charge is 0.429 e. The van der Waals surface area contributed by atoms with E-state index in [1.807, 2.05) is 12.1 Å². The van der Waals surface area contributed by atoms with E-state index in [0.29, 0.717) is 11.3 Å². The Morgan fingerprint density at radius 2 is 1.76 bits per heavy atom. The highest BCUT2D eigenvalue weighted by Gasteiger charge is 2.35. The van der Waals surface area contributed by atoms with Crippen molar-refractivity contribution in [1.29, 1.82) is 0 Å². The van der Waals surface area contributed by atoms with E-state index < -0.39 is 24.0 Å².